The van der Waals surface area contributed by atoms with Crippen LogP contribution in [-0.2, 0) is 0 Å². The zero-order chi connectivity index (χ0) is 22.0. The molecule has 0 spiro atoms. The van der Waals surface area contributed by atoms with Gasteiger partial charge in [-0.25, -0.2) is 4.52 Å². The van der Waals surface area contributed by atoms with Crippen molar-refractivity contribution in [2.24, 2.45) is 0 Å². The third kappa shape index (κ3) is 4.58. The average Bonchev–Trinajstić information content (AvgIpc) is 3.15. The molecule has 0 aliphatic carbocycles. The molecule has 0 radical (unpaired) electrons. The second-order valence-corrected chi connectivity index (χ2v) is 6.47. The topological polar surface area (TPSA) is 80.5 Å². The highest BCUT2D eigenvalue weighted by Gasteiger charge is 2.31. The molecule has 0 saturated carbocycles. The molecule has 0 fully saturated rings. The lowest BCUT2D eigenvalue weighted by Gasteiger charge is -2.10. The number of ether oxygens (including phenoxy) is 1. The molecule has 4 rings (SSSR count). The number of rotatable bonds is 5. The molecule has 0 aliphatic rings. The molecule has 2 aromatic carbocycles. The van der Waals surface area contributed by atoms with Crippen LogP contribution in [0.5, 0.6) is 5.75 Å². The fourth-order valence-electron chi connectivity index (χ4n) is 3.01. The molecule has 0 unspecified atom stereocenters. The Hall–Kier alpha value is -4.08. The Morgan fingerprint density at radius 1 is 1.03 bits per heavy atom. The summed E-state index contributed by atoms with van der Waals surface area (Å²) in [7, 11) is 1.55. The zero-order valence-corrected chi connectivity index (χ0v) is 16.1. The number of carbonyl (C=O) groups excluding carboxylic acids is 1. The number of hydrogen-bond acceptors (Lipinski definition) is 5. The minimum absolute atomic E-state index is 0.196. The van der Waals surface area contributed by atoms with Crippen LogP contribution in [-0.4, -0.2) is 33.9 Å². The molecule has 2 aromatic heterocycles. The maximum Gasteiger partial charge on any atom is 0.573 e. The van der Waals surface area contributed by atoms with Gasteiger partial charge in [0.15, 0.2) is 5.65 Å². The van der Waals surface area contributed by atoms with E-state index in [4.69, 9.17) is 0 Å². The molecule has 0 saturated heterocycles. The van der Waals surface area contributed by atoms with Crippen molar-refractivity contribution in [2.75, 3.05) is 12.4 Å². The first kappa shape index (κ1) is 20.2. The van der Waals surface area contributed by atoms with Gasteiger partial charge in [-0.1, -0.05) is 18.2 Å². The van der Waals surface area contributed by atoms with Gasteiger partial charge in [0.25, 0.3) is 5.91 Å². The first-order chi connectivity index (χ1) is 14.8. The normalized spacial score (nSPS) is 11.4. The second kappa shape index (κ2) is 7.98. The monoisotopic (exact) mass is 427 g/mol. The molecular formula is C21H16F3N5O2. The van der Waals surface area contributed by atoms with Gasteiger partial charge in [0.1, 0.15) is 5.75 Å². The molecule has 0 aliphatic heterocycles. The van der Waals surface area contributed by atoms with E-state index in [1.807, 2.05) is 0 Å². The fraction of sp³-hybridized carbons (Fsp3) is 0.0952. The van der Waals surface area contributed by atoms with Crippen molar-refractivity contribution < 1.29 is 22.7 Å². The molecule has 0 bridgehead atoms. The standard InChI is InChI=1S/C21H16F3N5O2/c1-25-19(30)13-8-10-15(11-9-13)26-20-27-18-7-3-6-17(29(18)28-20)14-4-2-5-16(12-14)31-21(22,23)24/h2-12H,1H3,(H,25,30)(H,26,28). The summed E-state index contributed by atoms with van der Waals surface area (Å²) in [6.45, 7) is 0. The van der Waals surface area contributed by atoms with Crippen molar-refractivity contribution in [2.45, 2.75) is 6.36 Å². The van der Waals surface area contributed by atoms with Crippen molar-refractivity contribution in [3.05, 3.63) is 72.3 Å². The van der Waals surface area contributed by atoms with E-state index in [-0.39, 0.29) is 11.7 Å². The van der Waals surface area contributed by atoms with E-state index < -0.39 is 6.36 Å². The Bertz CT molecular complexity index is 1240. The van der Waals surface area contributed by atoms with Gasteiger partial charge in [0, 0.05) is 23.9 Å². The highest BCUT2D eigenvalue weighted by molar-refractivity contribution is 5.94. The summed E-state index contributed by atoms with van der Waals surface area (Å²) in [5.74, 6) is -0.224. The number of hydrogen-bond donors (Lipinski definition) is 2. The molecule has 7 nitrogen and oxygen atoms in total. The second-order valence-electron chi connectivity index (χ2n) is 6.47. The van der Waals surface area contributed by atoms with Crippen LogP contribution >= 0.6 is 0 Å². The smallest absolute Gasteiger partial charge is 0.406 e. The highest BCUT2D eigenvalue weighted by atomic mass is 19.4. The lowest BCUT2D eigenvalue weighted by Crippen LogP contribution is -2.17. The number of aromatic nitrogens is 3. The maximum atomic E-state index is 12.5. The number of amides is 1. The van der Waals surface area contributed by atoms with Crippen LogP contribution in [0, 0.1) is 0 Å². The van der Waals surface area contributed by atoms with E-state index in [1.165, 1.54) is 22.7 Å². The van der Waals surface area contributed by atoms with Gasteiger partial charge in [-0.05, 0) is 48.5 Å². The average molecular weight is 427 g/mol. The Morgan fingerprint density at radius 2 is 1.77 bits per heavy atom. The van der Waals surface area contributed by atoms with Crippen molar-refractivity contribution >= 4 is 23.2 Å². The summed E-state index contributed by atoms with van der Waals surface area (Å²) >= 11 is 0. The van der Waals surface area contributed by atoms with Crippen LogP contribution in [0.3, 0.4) is 0 Å². The third-order valence-corrected chi connectivity index (χ3v) is 4.35. The van der Waals surface area contributed by atoms with Crippen LogP contribution in [0.15, 0.2) is 66.7 Å². The van der Waals surface area contributed by atoms with Crippen LogP contribution in [0.4, 0.5) is 24.8 Å². The van der Waals surface area contributed by atoms with E-state index in [0.717, 1.165) is 0 Å². The van der Waals surface area contributed by atoms with E-state index in [0.29, 0.717) is 34.1 Å². The van der Waals surface area contributed by atoms with Crippen LogP contribution < -0.4 is 15.4 Å². The van der Waals surface area contributed by atoms with Crippen molar-refractivity contribution in [1.82, 2.24) is 19.9 Å². The molecule has 4 aromatic rings. The van der Waals surface area contributed by atoms with Gasteiger partial charge in [0.05, 0.1) is 5.69 Å². The summed E-state index contributed by atoms with van der Waals surface area (Å²) in [6.07, 6.45) is -4.78. The molecule has 158 valence electrons. The lowest BCUT2D eigenvalue weighted by atomic mass is 10.1. The molecule has 2 N–H and O–H groups in total. The Balaban J connectivity index is 1.63. The van der Waals surface area contributed by atoms with Crippen LogP contribution in [0.25, 0.3) is 16.9 Å². The molecular weight excluding hydrogens is 411 g/mol. The molecule has 10 heteroatoms. The number of anilines is 2. The third-order valence-electron chi connectivity index (χ3n) is 4.35. The van der Waals surface area contributed by atoms with Gasteiger partial charge in [-0.15, -0.1) is 18.3 Å². The maximum absolute atomic E-state index is 12.5. The number of fused-ring (bicyclic) bond motifs is 1. The van der Waals surface area contributed by atoms with Crippen LogP contribution in [0.2, 0.25) is 0 Å². The van der Waals surface area contributed by atoms with Crippen molar-refractivity contribution in [3.63, 3.8) is 0 Å². The number of carbonyl (C=O) groups is 1. The quantitative estimate of drug-likeness (QED) is 0.494. The Kier molecular flexibility index (Phi) is 5.20. The number of pyridine rings is 1. The van der Waals surface area contributed by atoms with Gasteiger partial charge >= 0.3 is 6.36 Å². The molecule has 2 heterocycles. The summed E-state index contributed by atoms with van der Waals surface area (Å²) in [4.78, 5) is 16.0. The summed E-state index contributed by atoms with van der Waals surface area (Å²) < 4.78 is 43.2. The van der Waals surface area contributed by atoms with Gasteiger partial charge in [-0.3, -0.25) is 4.79 Å². The van der Waals surface area contributed by atoms with Gasteiger partial charge < -0.3 is 15.4 Å². The largest absolute Gasteiger partial charge is 0.573 e. The first-order valence-electron chi connectivity index (χ1n) is 9.13. The Labute approximate surface area is 174 Å². The van der Waals surface area contributed by atoms with E-state index >= 15 is 0 Å². The zero-order valence-electron chi connectivity index (χ0n) is 16.1. The Morgan fingerprint density at radius 3 is 2.48 bits per heavy atom. The van der Waals surface area contributed by atoms with Crippen molar-refractivity contribution in [1.29, 1.82) is 0 Å². The minimum atomic E-state index is -4.78. The van der Waals surface area contributed by atoms with E-state index in [9.17, 15) is 18.0 Å². The summed E-state index contributed by atoms with van der Waals surface area (Å²) in [5, 5.41) is 10.0. The fourth-order valence-corrected chi connectivity index (χ4v) is 3.01. The number of nitrogens with one attached hydrogen (secondary N) is 2. The number of benzene rings is 2. The minimum Gasteiger partial charge on any atom is -0.406 e. The highest BCUT2D eigenvalue weighted by Crippen LogP contribution is 2.28. The molecule has 1 amide bonds. The SMILES string of the molecule is CNC(=O)c1ccc(Nc2nc3cccc(-c4cccc(OC(F)(F)F)c4)n3n2)cc1. The van der Waals surface area contributed by atoms with Gasteiger partial charge in [-0.2, -0.15) is 4.98 Å². The van der Waals surface area contributed by atoms with E-state index in [1.54, 1.807) is 55.6 Å². The molecule has 0 atom stereocenters. The van der Waals surface area contributed by atoms with Gasteiger partial charge in [0.2, 0.25) is 5.95 Å². The number of nitrogens with zero attached hydrogens (tertiary/aromatic N) is 3. The molecule has 31 heavy (non-hydrogen) atoms. The van der Waals surface area contributed by atoms with Crippen LogP contribution in [0.1, 0.15) is 10.4 Å². The summed E-state index contributed by atoms with van der Waals surface area (Å²) in [5.41, 5.74) is 2.72. The first-order valence-corrected chi connectivity index (χ1v) is 9.13. The summed E-state index contributed by atoms with van der Waals surface area (Å²) in [6, 6.07) is 17.6. The number of halogens is 3. The van der Waals surface area contributed by atoms with Crippen molar-refractivity contribution in [3.8, 4) is 17.0 Å². The van der Waals surface area contributed by atoms with E-state index in [2.05, 4.69) is 25.5 Å². The predicted molar refractivity (Wildman–Crippen MR) is 108 cm³/mol. The number of alkyl halides is 3. The lowest BCUT2D eigenvalue weighted by molar-refractivity contribution is -0.274. The predicted octanol–water partition coefficient (Wildman–Crippen LogP) is 4.40.